The standard InChI is InChI=1S/C22H23N5OS/c1-2-25-10-12-26(13-11-25)20-15-7-4-3-6-14(15)19-23-21-18(22(28)27(19)24-20)16-8-5-9-17(16)29-21/h3-4,6-7H,2,5,8-13H2,1H3/p+1. The van der Waals surface area contributed by atoms with Gasteiger partial charge in [-0.2, -0.15) is 4.52 Å². The van der Waals surface area contributed by atoms with E-state index >= 15 is 0 Å². The van der Waals surface area contributed by atoms with Gasteiger partial charge >= 0.3 is 0 Å². The average Bonchev–Trinajstić information content (AvgIpc) is 3.35. The van der Waals surface area contributed by atoms with Gasteiger partial charge in [0.1, 0.15) is 4.83 Å². The van der Waals surface area contributed by atoms with Crippen molar-refractivity contribution in [2.45, 2.75) is 26.2 Å². The fraction of sp³-hybridized carbons (Fsp3) is 0.409. The molecule has 4 aromatic rings. The molecule has 6 nitrogen and oxygen atoms in total. The first-order valence-electron chi connectivity index (χ1n) is 10.6. The van der Waals surface area contributed by atoms with Crippen LogP contribution in [-0.4, -0.2) is 47.3 Å². The lowest BCUT2D eigenvalue weighted by Crippen LogP contribution is -3.14. The van der Waals surface area contributed by atoms with E-state index in [1.165, 1.54) is 10.4 Å². The van der Waals surface area contributed by atoms with E-state index in [-0.39, 0.29) is 5.56 Å². The fourth-order valence-corrected chi connectivity index (χ4v) is 6.20. The van der Waals surface area contributed by atoms with Gasteiger partial charge in [0.15, 0.2) is 11.5 Å². The van der Waals surface area contributed by atoms with Crippen LogP contribution in [0.15, 0.2) is 29.1 Å². The minimum atomic E-state index is -0.00535. The lowest BCUT2D eigenvalue weighted by molar-refractivity contribution is -0.898. The second kappa shape index (κ2) is 6.50. The molecule has 0 saturated carbocycles. The molecular formula is C22H24N5OS+. The third-order valence-corrected chi connectivity index (χ3v) is 7.78. The number of likely N-dealkylation sites (N-methyl/N-ethyl adjacent to an activating group) is 1. The largest absolute Gasteiger partial charge is 0.343 e. The highest BCUT2D eigenvalue weighted by molar-refractivity contribution is 7.18. The quantitative estimate of drug-likeness (QED) is 0.515. The van der Waals surface area contributed by atoms with Crippen LogP contribution in [0.25, 0.3) is 26.6 Å². The Bertz CT molecular complexity index is 1320. The highest BCUT2D eigenvalue weighted by Crippen LogP contribution is 2.36. The number of aryl methyl sites for hydroxylation is 2. The monoisotopic (exact) mass is 406 g/mol. The molecule has 148 valence electrons. The molecule has 6 rings (SSSR count). The van der Waals surface area contributed by atoms with Crippen molar-refractivity contribution in [3.05, 3.63) is 45.1 Å². The molecule has 0 bridgehead atoms. The van der Waals surface area contributed by atoms with Crippen molar-refractivity contribution >= 4 is 43.8 Å². The Morgan fingerprint density at radius 2 is 1.93 bits per heavy atom. The Morgan fingerprint density at radius 1 is 1.14 bits per heavy atom. The van der Waals surface area contributed by atoms with Crippen LogP contribution >= 0.6 is 11.3 Å². The highest BCUT2D eigenvalue weighted by atomic mass is 32.1. The van der Waals surface area contributed by atoms with Crippen LogP contribution in [0.5, 0.6) is 0 Å². The Labute approximate surface area is 172 Å². The molecule has 1 aliphatic carbocycles. The van der Waals surface area contributed by atoms with Gasteiger partial charge in [-0.25, -0.2) is 4.98 Å². The third-order valence-electron chi connectivity index (χ3n) is 6.59. The van der Waals surface area contributed by atoms with Crippen LogP contribution in [0, 0.1) is 0 Å². The van der Waals surface area contributed by atoms with E-state index in [2.05, 4.69) is 24.0 Å². The van der Waals surface area contributed by atoms with Gasteiger partial charge in [0, 0.05) is 15.6 Å². The maximum Gasteiger partial charge on any atom is 0.283 e. The third kappa shape index (κ3) is 2.53. The molecule has 1 fully saturated rings. The minimum absolute atomic E-state index is 0.00535. The molecule has 0 unspecified atom stereocenters. The summed E-state index contributed by atoms with van der Waals surface area (Å²) in [6.45, 7) is 7.53. The molecule has 1 saturated heterocycles. The first kappa shape index (κ1) is 17.4. The molecule has 0 radical (unpaired) electrons. The Hall–Kier alpha value is -2.51. The van der Waals surface area contributed by atoms with Crippen molar-refractivity contribution in [2.24, 2.45) is 0 Å². The topological polar surface area (TPSA) is 54.9 Å². The van der Waals surface area contributed by atoms with Crippen LogP contribution in [0.4, 0.5) is 5.82 Å². The van der Waals surface area contributed by atoms with Gasteiger partial charge < -0.3 is 9.80 Å². The van der Waals surface area contributed by atoms with Crippen molar-refractivity contribution in [3.8, 4) is 0 Å². The summed E-state index contributed by atoms with van der Waals surface area (Å²) in [6, 6.07) is 8.26. The molecule has 4 heterocycles. The number of nitrogens with zero attached hydrogens (tertiary/aromatic N) is 4. The summed E-state index contributed by atoms with van der Waals surface area (Å²) in [5.41, 5.74) is 1.89. The summed E-state index contributed by atoms with van der Waals surface area (Å²) >= 11 is 1.69. The van der Waals surface area contributed by atoms with Crippen LogP contribution in [0.1, 0.15) is 23.8 Å². The molecule has 0 amide bonds. The molecule has 1 aliphatic heterocycles. The van der Waals surface area contributed by atoms with E-state index in [1.54, 1.807) is 20.8 Å². The molecule has 2 aliphatic rings. The number of nitrogens with one attached hydrogen (secondary N) is 1. The van der Waals surface area contributed by atoms with E-state index in [4.69, 9.17) is 10.1 Å². The van der Waals surface area contributed by atoms with E-state index in [0.29, 0.717) is 5.65 Å². The second-order valence-corrected chi connectivity index (χ2v) is 9.23. The fourth-order valence-electron chi connectivity index (χ4n) is 4.95. The molecular weight excluding hydrogens is 382 g/mol. The Balaban J connectivity index is 1.63. The van der Waals surface area contributed by atoms with Crippen molar-refractivity contribution in [1.82, 2.24) is 14.6 Å². The van der Waals surface area contributed by atoms with Gasteiger partial charge in [0.2, 0.25) is 0 Å². The van der Waals surface area contributed by atoms with E-state index < -0.39 is 0 Å². The number of anilines is 1. The number of benzene rings is 1. The van der Waals surface area contributed by atoms with Crippen molar-refractivity contribution in [3.63, 3.8) is 0 Å². The van der Waals surface area contributed by atoms with Crippen LogP contribution in [0.3, 0.4) is 0 Å². The average molecular weight is 407 g/mol. The maximum atomic E-state index is 13.5. The summed E-state index contributed by atoms with van der Waals surface area (Å²) in [4.78, 5) is 24.6. The van der Waals surface area contributed by atoms with E-state index in [1.807, 2.05) is 12.1 Å². The Morgan fingerprint density at radius 3 is 2.72 bits per heavy atom. The van der Waals surface area contributed by atoms with Gasteiger partial charge in [-0.05, 0) is 31.7 Å². The number of hydrogen-bond donors (Lipinski definition) is 1. The number of fused-ring (bicyclic) bond motifs is 6. The number of thiophene rings is 1. The summed E-state index contributed by atoms with van der Waals surface area (Å²) in [6.07, 6.45) is 3.19. The van der Waals surface area contributed by atoms with Crippen LogP contribution in [-0.2, 0) is 12.8 Å². The summed E-state index contributed by atoms with van der Waals surface area (Å²) in [5, 5.41) is 7.79. The predicted molar refractivity (Wildman–Crippen MR) is 118 cm³/mol. The number of hydrogen-bond acceptors (Lipinski definition) is 5. The van der Waals surface area contributed by atoms with Crippen LogP contribution < -0.4 is 15.4 Å². The molecule has 1 N–H and O–H groups in total. The smallest absolute Gasteiger partial charge is 0.283 e. The van der Waals surface area contributed by atoms with Gasteiger partial charge in [-0.15, -0.1) is 16.4 Å². The first-order valence-corrected chi connectivity index (χ1v) is 11.4. The lowest BCUT2D eigenvalue weighted by Gasteiger charge is -2.32. The minimum Gasteiger partial charge on any atom is -0.343 e. The highest BCUT2D eigenvalue weighted by Gasteiger charge is 2.25. The van der Waals surface area contributed by atoms with Crippen molar-refractivity contribution in [2.75, 3.05) is 37.6 Å². The zero-order valence-electron chi connectivity index (χ0n) is 16.6. The van der Waals surface area contributed by atoms with Crippen molar-refractivity contribution < 1.29 is 4.90 Å². The predicted octanol–water partition coefficient (Wildman–Crippen LogP) is 1.67. The SMILES string of the molecule is CC[NH+]1CCN(c2nn3c(=O)c4c5c(sc4nc3c3ccccc23)CCC5)CC1. The first-order chi connectivity index (χ1) is 14.2. The normalized spacial score (nSPS) is 17.6. The zero-order chi connectivity index (χ0) is 19.5. The van der Waals surface area contributed by atoms with Crippen LogP contribution in [0.2, 0.25) is 0 Å². The van der Waals surface area contributed by atoms with Gasteiger partial charge in [-0.3, -0.25) is 4.79 Å². The zero-order valence-corrected chi connectivity index (χ0v) is 17.4. The molecule has 1 aromatic carbocycles. The number of piperazine rings is 1. The molecule has 7 heteroatoms. The maximum absolute atomic E-state index is 13.5. The van der Waals surface area contributed by atoms with Gasteiger partial charge in [0.05, 0.1) is 38.1 Å². The number of aromatic nitrogens is 3. The summed E-state index contributed by atoms with van der Waals surface area (Å²) in [5.74, 6) is 0.915. The van der Waals surface area contributed by atoms with E-state index in [0.717, 1.165) is 78.8 Å². The number of quaternary nitrogens is 1. The molecule has 0 atom stereocenters. The molecule has 29 heavy (non-hydrogen) atoms. The summed E-state index contributed by atoms with van der Waals surface area (Å²) in [7, 11) is 0. The van der Waals surface area contributed by atoms with Gasteiger partial charge in [-0.1, -0.05) is 24.3 Å². The number of rotatable bonds is 2. The van der Waals surface area contributed by atoms with E-state index in [9.17, 15) is 4.79 Å². The second-order valence-electron chi connectivity index (χ2n) is 8.15. The lowest BCUT2D eigenvalue weighted by atomic mass is 10.1. The van der Waals surface area contributed by atoms with Gasteiger partial charge in [0.25, 0.3) is 5.56 Å². The molecule has 3 aromatic heterocycles. The molecule has 0 spiro atoms. The van der Waals surface area contributed by atoms with Crippen molar-refractivity contribution in [1.29, 1.82) is 0 Å². The summed E-state index contributed by atoms with van der Waals surface area (Å²) < 4.78 is 1.57. The Kier molecular flexibility index (Phi) is 3.89.